The maximum atomic E-state index is 14.9. The van der Waals surface area contributed by atoms with Crippen molar-refractivity contribution in [3.05, 3.63) is 119 Å². The molecule has 4 heterocycles. The first-order valence-corrected chi connectivity index (χ1v) is 21.7. The van der Waals surface area contributed by atoms with Gasteiger partial charge in [0, 0.05) is 91.2 Å². The molecule has 2 aliphatic heterocycles. The molecule has 0 radical (unpaired) electrons. The number of aromatic nitrogens is 4. The van der Waals surface area contributed by atoms with Gasteiger partial charge >= 0.3 is 18.0 Å². The molecule has 4 amide bonds. The maximum Gasteiger partial charge on any atom is 0.337 e. The van der Waals surface area contributed by atoms with E-state index in [1.807, 2.05) is 83.6 Å². The Morgan fingerprint density at radius 3 is 1.50 bits per heavy atom. The van der Waals surface area contributed by atoms with E-state index in [-0.39, 0.29) is 60.7 Å². The second-order valence-electron chi connectivity index (χ2n) is 17.2. The number of likely N-dealkylation sites (N-methyl/N-ethyl adjacent to an activating group) is 2. The number of nitrogens with two attached hydrogens (primary N) is 1. The van der Waals surface area contributed by atoms with Crippen LogP contribution in [-0.4, -0.2) is 143 Å². The van der Waals surface area contributed by atoms with Crippen molar-refractivity contribution >= 4 is 57.0 Å². The molecule has 2 aromatic heterocycles. The van der Waals surface area contributed by atoms with E-state index in [2.05, 4.69) is 24.7 Å². The van der Waals surface area contributed by atoms with Crippen LogP contribution in [-0.2, 0) is 31.9 Å². The minimum Gasteiger partial charge on any atom is -0.465 e. The Bertz CT molecular complexity index is 2570. The Kier molecular flexibility index (Phi) is 14.4. The van der Waals surface area contributed by atoms with Gasteiger partial charge in [-0.3, -0.25) is 24.0 Å². The molecule has 8 rings (SSSR count). The summed E-state index contributed by atoms with van der Waals surface area (Å²) in [6.45, 7) is 2.38. The average Bonchev–Trinajstić information content (AvgIpc) is 4.15. The fourth-order valence-corrected chi connectivity index (χ4v) is 8.38. The van der Waals surface area contributed by atoms with Crippen LogP contribution in [0.4, 0.5) is 29.7 Å². The van der Waals surface area contributed by atoms with Crippen LogP contribution in [0.1, 0.15) is 44.7 Å². The van der Waals surface area contributed by atoms with Gasteiger partial charge < -0.3 is 30.1 Å². The summed E-state index contributed by atoms with van der Waals surface area (Å²) in [5.74, 6) is -2.05. The van der Waals surface area contributed by atoms with Crippen molar-refractivity contribution in [3.8, 4) is 0 Å². The zero-order valence-corrected chi connectivity index (χ0v) is 38.4. The van der Waals surface area contributed by atoms with E-state index in [4.69, 9.17) is 5.73 Å². The van der Waals surface area contributed by atoms with Gasteiger partial charge in [-0.25, -0.2) is 23.2 Å². The minimum atomic E-state index is -0.609. The number of carbonyl (C=O) groups is 4. The molecule has 66 heavy (non-hydrogen) atoms. The first-order valence-electron chi connectivity index (χ1n) is 21.7. The molecule has 6 aromatic rings. The summed E-state index contributed by atoms with van der Waals surface area (Å²) >= 11 is 0. The molecule has 16 nitrogen and oxygen atoms in total. The van der Waals surface area contributed by atoms with Gasteiger partial charge in [-0.2, -0.15) is 10.2 Å². The van der Waals surface area contributed by atoms with Crippen LogP contribution in [0.15, 0.2) is 85.2 Å². The summed E-state index contributed by atoms with van der Waals surface area (Å²) < 4.78 is 38.0. The third-order valence-electron chi connectivity index (χ3n) is 12.6. The van der Waals surface area contributed by atoms with Crippen molar-refractivity contribution in [3.63, 3.8) is 0 Å². The van der Waals surface area contributed by atoms with Crippen LogP contribution < -0.4 is 15.5 Å². The zero-order chi connectivity index (χ0) is 47.4. The smallest absolute Gasteiger partial charge is 0.337 e. The number of rotatable bonds is 11. The van der Waals surface area contributed by atoms with Crippen molar-refractivity contribution in [1.82, 2.24) is 39.2 Å². The number of carbonyl (C=O) groups excluding carboxylic acids is 4. The number of halogens is 2. The summed E-state index contributed by atoms with van der Waals surface area (Å²) in [5.41, 5.74) is 9.45. The molecule has 2 fully saturated rings. The number of urea groups is 2. The number of methoxy groups -OCH3 is 1. The highest BCUT2D eigenvalue weighted by Gasteiger charge is 2.33. The largest absolute Gasteiger partial charge is 0.465 e. The third-order valence-corrected chi connectivity index (χ3v) is 12.6. The van der Waals surface area contributed by atoms with E-state index in [0.29, 0.717) is 48.7 Å². The maximum absolute atomic E-state index is 14.9. The number of ether oxygens (including phenoxy) is 1. The van der Waals surface area contributed by atoms with E-state index >= 15 is 0 Å². The van der Waals surface area contributed by atoms with Gasteiger partial charge in [0.15, 0.2) is 5.78 Å². The van der Waals surface area contributed by atoms with E-state index in [1.54, 1.807) is 48.6 Å². The SMILES string of the molecule is CN(C)[C@@H]1CCN(C(=O)N(Cc2ccc(C(=O)CN)cc2F)c2ccc3cnn(C)c3c2)C1.COC(=O)c1ccc(CN(C(=O)N2CC[C@@H](N(C)C)C2)c2ccc3cnn(C)c3c2)c(F)c1. The normalized spacial score (nSPS) is 16.0. The highest BCUT2D eigenvalue weighted by molar-refractivity contribution is 5.98. The van der Waals surface area contributed by atoms with Gasteiger partial charge in [-0.1, -0.05) is 18.2 Å². The number of benzene rings is 4. The average molecular weight is 906 g/mol. The Hall–Kier alpha value is -6.76. The number of esters is 1. The number of anilines is 2. The fraction of sp³-hybridized carbons (Fsp3) is 0.375. The number of hydrogen-bond acceptors (Lipinski definition) is 10. The van der Waals surface area contributed by atoms with Crippen molar-refractivity contribution in [2.24, 2.45) is 19.8 Å². The first kappa shape index (κ1) is 47.2. The van der Waals surface area contributed by atoms with Gasteiger partial charge in [0.2, 0.25) is 0 Å². The molecule has 18 heteroatoms. The Morgan fingerprint density at radius 1 is 0.667 bits per heavy atom. The van der Waals surface area contributed by atoms with Gasteiger partial charge in [-0.05, 0) is 95.6 Å². The minimum absolute atomic E-state index is 0.0264. The van der Waals surface area contributed by atoms with Gasteiger partial charge in [0.05, 0.1) is 55.7 Å². The van der Waals surface area contributed by atoms with Crippen LogP contribution >= 0.6 is 0 Å². The number of nitrogens with zero attached hydrogens (tertiary/aromatic N) is 10. The van der Waals surface area contributed by atoms with Crippen LogP contribution in [0.3, 0.4) is 0 Å². The highest BCUT2D eigenvalue weighted by atomic mass is 19.1. The van der Waals surface area contributed by atoms with Crippen molar-refractivity contribution < 1.29 is 32.7 Å². The van der Waals surface area contributed by atoms with E-state index in [1.165, 1.54) is 25.3 Å². The van der Waals surface area contributed by atoms with E-state index in [0.717, 1.165) is 40.7 Å². The number of hydrogen-bond donors (Lipinski definition) is 1. The quantitative estimate of drug-likeness (QED) is 0.123. The predicted molar refractivity (Wildman–Crippen MR) is 249 cm³/mol. The number of likely N-dealkylation sites (tertiary alicyclic amines) is 2. The van der Waals surface area contributed by atoms with Crippen LogP contribution in [0.5, 0.6) is 0 Å². The van der Waals surface area contributed by atoms with Crippen molar-refractivity contribution in [2.45, 2.75) is 38.0 Å². The summed E-state index contributed by atoms with van der Waals surface area (Å²) in [7, 11) is 13.0. The van der Waals surface area contributed by atoms with Gasteiger partial charge in [0.25, 0.3) is 0 Å². The third kappa shape index (κ3) is 10.2. The molecule has 2 saturated heterocycles. The molecule has 2 atom stereocenters. The summed E-state index contributed by atoms with van der Waals surface area (Å²) in [5, 5.41) is 10.5. The Morgan fingerprint density at radius 2 is 1.11 bits per heavy atom. The number of aryl methyl sites for hydroxylation is 2. The summed E-state index contributed by atoms with van der Waals surface area (Å²) in [6.07, 6.45) is 5.30. The standard InChI is InChI=1S/C24H29FN6O2.C24H28FN5O3/c1-28(2)20-8-9-30(15-20)24(33)31(19-7-6-17-13-27-29(3)22(17)11-19)14-18-5-4-16(10-21(18)25)23(32)12-26;1-27(2)20-9-10-29(15-20)24(32)30(19-8-7-17-13-26-28(3)22(17)12-19)14-18-6-5-16(11-21(18)25)23(31)33-4/h4-7,10-11,13,20H,8-9,12,14-15,26H2,1-3H3;5-8,11-13,20H,9-10,14-15H2,1-4H3/t2*20-/m11/s1. The van der Waals surface area contributed by atoms with Gasteiger partial charge in [0.1, 0.15) is 11.6 Å². The molecular weight excluding hydrogens is 849 g/mol. The molecule has 2 aliphatic rings. The van der Waals surface area contributed by atoms with Crippen molar-refractivity contribution in [1.29, 1.82) is 0 Å². The second-order valence-corrected chi connectivity index (χ2v) is 17.2. The van der Waals surface area contributed by atoms with Gasteiger partial charge in [-0.15, -0.1) is 0 Å². The lowest BCUT2D eigenvalue weighted by molar-refractivity contribution is 0.0600. The number of fused-ring (bicyclic) bond motifs is 2. The molecule has 0 spiro atoms. The number of Topliss-reactive ketones (excluding diaryl/α,β-unsaturated/α-hetero) is 1. The first-order chi connectivity index (χ1) is 31.6. The second kappa shape index (κ2) is 20.2. The zero-order valence-electron chi connectivity index (χ0n) is 38.4. The molecule has 0 bridgehead atoms. The lowest BCUT2D eigenvalue weighted by atomic mass is 10.1. The molecule has 0 unspecified atom stereocenters. The van der Waals surface area contributed by atoms with Crippen molar-refractivity contribution in [2.75, 3.05) is 77.8 Å². The topological polar surface area (TPSA) is 159 Å². The number of amides is 4. The lowest BCUT2D eigenvalue weighted by Crippen LogP contribution is -2.43. The highest BCUT2D eigenvalue weighted by Crippen LogP contribution is 2.29. The molecular formula is C48H57F2N11O5. The van der Waals surface area contributed by atoms with E-state index < -0.39 is 17.6 Å². The van der Waals surface area contributed by atoms with Crippen LogP contribution in [0.2, 0.25) is 0 Å². The Balaban J connectivity index is 0.000000196. The lowest BCUT2D eigenvalue weighted by Gasteiger charge is -2.29. The summed E-state index contributed by atoms with van der Waals surface area (Å²) in [6, 6.07) is 20.0. The molecule has 2 N–H and O–H groups in total. The predicted octanol–water partition coefficient (Wildman–Crippen LogP) is 5.88. The van der Waals surface area contributed by atoms with Crippen LogP contribution in [0, 0.1) is 11.6 Å². The molecule has 0 aliphatic carbocycles. The summed E-state index contributed by atoms with van der Waals surface area (Å²) in [4.78, 5) is 61.9. The molecule has 0 saturated carbocycles. The number of ketones is 1. The van der Waals surface area contributed by atoms with Crippen LogP contribution in [0.25, 0.3) is 21.8 Å². The molecule has 348 valence electrons. The molecule has 4 aromatic carbocycles. The fourth-order valence-electron chi connectivity index (χ4n) is 8.38. The van der Waals surface area contributed by atoms with E-state index in [9.17, 15) is 28.0 Å². The monoisotopic (exact) mass is 905 g/mol. The Labute approximate surface area is 382 Å².